The van der Waals surface area contributed by atoms with Gasteiger partial charge in [-0.05, 0) is 31.0 Å². The molecule has 0 saturated carbocycles. The van der Waals surface area contributed by atoms with Gasteiger partial charge >= 0.3 is 0 Å². The predicted octanol–water partition coefficient (Wildman–Crippen LogP) is 3.56. The summed E-state index contributed by atoms with van der Waals surface area (Å²) in [6, 6.07) is 15.7. The van der Waals surface area contributed by atoms with Gasteiger partial charge in [0, 0.05) is 5.56 Å². The van der Waals surface area contributed by atoms with Crippen LogP contribution in [0.2, 0.25) is 0 Å². The van der Waals surface area contributed by atoms with E-state index in [-0.39, 0.29) is 0 Å². The molecule has 0 bridgehead atoms. The summed E-state index contributed by atoms with van der Waals surface area (Å²) in [4.78, 5) is 12.8. The lowest BCUT2D eigenvalue weighted by atomic mass is 10.1. The zero-order chi connectivity index (χ0) is 21.0. The number of rotatable bonds is 7. The van der Waals surface area contributed by atoms with Crippen molar-refractivity contribution in [2.45, 2.75) is 26.3 Å². The molecule has 0 radical (unpaired) electrons. The molecule has 0 spiro atoms. The van der Waals surface area contributed by atoms with Crippen LogP contribution in [-0.2, 0) is 21.2 Å². The van der Waals surface area contributed by atoms with Gasteiger partial charge < -0.3 is 0 Å². The summed E-state index contributed by atoms with van der Waals surface area (Å²) in [6.45, 7) is 3.56. The number of aromatic nitrogens is 2. The Morgan fingerprint density at radius 3 is 2.34 bits per heavy atom. The second-order valence-corrected chi connectivity index (χ2v) is 9.36. The third-order valence-electron chi connectivity index (χ3n) is 4.36. The predicted molar refractivity (Wildman–Crippen MR) is 117 cm³/mol. The fourth-order valence-electron chi connectivity index (χ4n) is 2.87. The summed E-state index contributed by atoms with van der Waals surface area (Å²) in [5.41, 5.74) is 2.42. The number of sulfonamides is 1. The van der Waals surface area contributed by atoms with E-state index in [0.29, 0.717) is 15.8 Å². The minimum Gasteiger partial charge on any atom is -0.299 e. The molecule has 0 saturated heterocycles. The Morgan fingerprint density at radius 1 is 1.10 bits per heavy atom. The van der Waals surface area contributed by atoms with Crippen LogP contribution in [0.4, 0.5) is 10.8 Å². The highest BCUT2D eigenvalue weighted by atomic mass is 32.2. The molecule has 29 heavy (non-hydrogen) atoms. The zero-order valence-corrected chi connectivity index (χ0v) is 18.0. The molecule has 1 N–H and O–H groups in total. The number of carbonyl (C=O) groups excluding carboxylic acids is 1. The van der Waals surface area contributed by atoms with Crippen molar-refractivity contribution in [1.82, 2.24) is 10.2 Å². The van der Waals surface area contributed by atoms with Crippen molar-refractivity contribution in [3.8, 4) is 10.6 Å². The maximum absolute atomic E-state index is 12.8. The molecule has 0 aliphatic carbocycles. The molecule has 2 aromatic carbocycles. The molecule has 1 atom stereocenters. The largest absolute Gasteiger partial charge is 0.299 e. The maximum atomic E-state index is 12.8. The van der Waals surface area contributed by atoms with E-state index < -0.39 is 22.0 Å². The van der Waals surface area contributed by atoms with Gasteiger partial charge in [-0.25, -0.2) is 8.42 Å². The normalized spacial score (nSPS) is 12.4. The van der Waals surface area contributed by atoms with E-state index in [4.69, 9.17) is 0 Å². The molecule has 1 heterocycles. The molecule has 7 nitrogen and oxygen atoms in total. The van der Waals surface area contributed by atoms with Gasteiger partial charge in [-0.1, -0.05) is 60.7 Å². The van der Waals surface area contributed by atoms with Crippen LogP contribution in [-0.4, -0.2) is 36.8 Å². The molecule has 0 aliphatic rings. The number of nitrogens with zero attached hydrogens (tertiary/aromatic N) is 3. The third-order valence-corrected chi connectivity index (χ3v) is 6.49. The zero-order valence-electron chi connectivity index (χ0n) is 16.4. The van der Waals surface area contributed by atoms with Gasteiger partial charge in [-0.15, -0.1) is 10.2 Å². The first kappa shape index (κ1) is 20.9. The number of hydrogen-bond acceptors (Lipinski definition) is 6. The smallest absolute Gasteiger partial charge is 0.249 e. The lowest BCUT2D eigenvalue weighted by molar-refractivity contribution is -0.116. The molecule has 1 unspecified atom stereocenters. The summed E-state index contributed by atoms with van der Waals surface area (Å²) in [7, 11) is -3.67. The molecule has 1 amide bonds. The Labute approximate surface area is 174 Å². The average Bonchev–Trinajstić information content (AvgIpc) is 3.16. The Kier molecular flexibility index (Phi) is 6.29. The van der Waals surface area contributed by atoms with E-state index >= 15 is 0 Å². The van der Waals surface area contributed by atoms with Crippen LogP contribution >= 0.6 is 11.3 Å². The minimum absolute atomic E-state index is 0.315. The highest BCUT2D eigenvalue weighted by Gasteiger charge is 2.29. The summed E-state index contributed by atoms with van der Waals surface area (Å²) in [5, 5.41) is 11.8. The number of carbonyl (C=O) groups is 1. The summed E-state index contributed by atoms with van der Waals surface area (Å²) in [5.74, 6) is -0.481. The number of amides is 1. The van der Waals surface area contributed by atoms with Gasteiger partial charge in [0.2, 0.25) is 21.1 Å². The molecule has 3 rings (SSSR count). The fourth-order valence-corrected chi connectivity index (χ4v) is 4.80. The summed E-state index contributed by atoms with van der Waals surface area (Å²) < 4.78 is 25.9. The first-order chi connectivity index (χ1) is 13.8. The van der Waals surface area contributed by atoms with Gasteiger partial charge in [0.15, 0.2) is 0 Å². The first-order valence-corrected chi connectivity index (χ1v) is 11.7. The first-order valence-electron chi connectivity index (χ1n) is 9.07. The van der Waals surface area contributed by atoms with Gasteiger partial charge in [-0.2, -0.15) is 0 Å². The van der Waals surface area contributed by atoms with Crippen LogP contribution in [0, 0.1) is 0 Å². The fraction of sp³-hybridized carbons (Fsp3) is 0.250. The molecular weight excluding hydrogens is 408 g/mol. The molecular formula is C20H22N4O3S2. The number of hydrogen-bond donors (Lipinski definition) is 1. The number of nitrogens with one attached hydrogen (secondary N) is 1. The van der Waals surface area contributed by atoms with Crippen molar-refractivity contribution in [2.75, 3.05) is 15.9 Å². The van der Waals surface area contributed by atoms with E-state index in [0.717, 1.165) is 28.1 Å². The van der Waals surface area contributed by atoms with Crippen LogP contribution in [0.25, 0.3) is 10.6 Å². The van der Waals surface area contributed by atoms with Crippen LogP contribution in [0.1, 0.15) is 19.4 Å². The summed E-state index contributed by atoms with van der Waals surface area (Å²) >= 11 is 1.23. The van der Waals surface area contributed by atoms with Gasteiger partial charge in [0.25, 0.3) is 0 Å². The Morgan fingerprint density at radius 2 is 1.76 bits per heavy atom. The number of aryl methyl sites for hydroxylation is 1. The van der Waals surface area contributed by atoms with E-state index in [1.807, 2.05) is 49.4 Å². The van der Waals surface area contributed by atoms with Crippen LogP contribution in [0.5, 0.6) is 0 Å². The van der Waals surface area contributed by atoms with Crippen LogP contribution < -0.4 is 9.62 Å². The minimum atomic E-state index is -3.67. The van der Waals surface area contributed by atoms with Crippen molar-refractivity contribution >= 4 is 38.1 Å². The second-order valence-electron chi connectivity index (χ2n) is 6.52. The van der Waals surface area contributed by atoms with Crippen molar-refractivity contribution in [1.29, 1.82) is 0 Å². The second kappa shape index (κ2) is 8.71. The standard InChI is InChI=1S/C20H22N4O3S2/c1-4-15-10-12-17(13-11-15)24(29(3,26)27)14(2)18(25)21-20-23-22-19(28-20)16-8-6-5-7-9-16/h5-14H,4H2,1-3H3,(H,21,23,25). The third kappa shape index (κ3) is 4.99. The number of anilines is 2. The molecule has 0 aliphatic heterocycles. The van der Waals surface area contributed by atoms with Crippen molar-refractivity contribution in [3.63, 3.8) is 0 Å². The number of benzene rings is 2. The quantitative estimate of drug-likeness (QED) is 0.619. The van der Waals surface area contributed by atoms with Crippen molar-refractivity contribution in [3.05, 3.63) is 60.2 Å². The Hall–Kier alpha value is -2.78. The highest BCUT2D eigenvalue weighted by Crippen LogP contribution is 2.27. The van der Waals surface area contributed by atoms with E-state index in [1.165, 1.54) is 11.3 Å². The topological polar surface area (TPSA) is 92.3 Å². The van der Waals surface area contributed by atoms with E-state index in [2.05, 4.69) is 15.5 Å². The Bertz CT molecular complexity index is 1080. The highest BCUT2D eigenvalue weighted by molar-refractivity contribution is 7.92. The van der Waals surface area contributed by atoms with Gasteiger partial charge in [-0.3, -0.25) is 14.4 Å². The van der Waals surface area contributed by atoms with Crippen LogP contribution in [0.15, 0.2) is 54.6 Å². The van der Waals surface area contributed by atoms with Gasteiger partial charge in [0.1, 0.15) is 11.0 Å². The van der Waals surface area contributed by atoms with E-state index in [1.54, 1.807) is 19.1 Å². The maximum Gasteiger partial charge on any atom is 0.249 e. The Balaban J connectivity index is 1.80. The van der Waals surface area contributed by atoms with Gasteiger partial charge in [0.05, 0.1) is 11.9 Å². The summed E-state index contributed by atoms with van der Waals surface area (Å²) in [6.07, 6.45) is 1.93. The molecule has 1 aromatic heterocycles. The molecule has 0 fully saturated rings. The lowest BCUT2D eigenvalue weighted by Crippen LogP contribution is -2.45. The molecule has 3 aromatic rings. The van der Waals surface area contributed by atoms with Crippen molar-refractivity contribution < 1.29 is 13.2 Å². The monoisotopic (exact) mass is 430 g/mol. The molecule has 152 valence electrons. The lowest BCUT2D eigenvalue weighted by Gasteiger charge is -2.28. The van der Waals surface area contributed by atoms with E-state index in [9.17, 15) is 13.2 Å². The molecule has 9 heteroatoms. The van der Waals surface area contributed by atoms with Crippen LogP contribution in [0.3, 0.4) is 0 Å². The SMILES string of the molecule is CCc1ccc(N(C(C)C(=O)Nc2nnc(-c3ccccc3)s2)S(C)(=O)=O)cc1. The van der Waals surface area contributed by atoms with Crippen molar-refractivity contribution in [2.24, 2.45) is 0 Å². The average molecular weight is 431 g/mol.